The van der Waals surface area contributed by atoms with Gasteiger partial charge in [-0.25, -0.2) is 0 Å². The van der Waals surface area contributed by atoms with Crippen molar-refractivity contribution < 1.29 is 14.6 Å². The number of rotatable bonds is 17. The van der Waals surface area contributed by atoms with Crippen molar-refractivity contribution in [1.82, 2.24) is 0 Å². The maximum absolute atomic E-state index is 10.9. The van der Waals surface area contributed by atoms with Crippen LogP contribution in [0.3, 0.4) is 0 Å². The van der Waals surface area contributed by atoms with Crippen LogP contribution in [-0.2, 0) is 9.47 Å². The number of methoxy groups -OCH3 is 1. The Balaban J connectivity index is 2.78. The van der Waals surface area contributed by atoms with Crippen LogP contribution in [0.5, 0.6) is 0 Å². The van der Waals surface area contributed by atoms with Crippen LogP contribution >= 0.6 is 0 Å². The van der Waals surface area contributed by atoms with Crippen molar-refractivity contribution in [1.29, 1.82) is 0 Å². The molecule has 1 heterocycles. The van der Waals surface area contributed by atoms with Crippen LogP contribution < -0.4 is 0 Å². The van der Waals surface area contributed by atoms with E-state index in [2.05, 4.69) is 51.7 Å². The van der Waals surface area contributed by atoms with E-state index < -0.39 is 24.5 Å². The molecule has 0 aromatic rings. The van der Waals surface area contributed by atoms with E-state index in [4.69, 9.17) is 9.47 Å². The van der Waals surface area contributed by atoms with Gasteiger partial charge in [-0.15, -0.1) is 0 Å². The molecule has 1 saturated heterocycles. The minimum absolute atomic E-state index is 0.0274. The summed E-state index contributed by atoms with van der Waals surface area (Å²) in [6.45, 7) is 13.5. The predicted octanol–water partition coefficient (Wildman–Crippen LogP) is 6.76. The van der Waals surface area contributed by atoms with Crippen LogP contribution in [0, 0.1) is 11.8 Å². The van der Waals surface area contributed by atoms with Gasteiger partial charge in [-0.1, -0.05) is 0 Å². The fraction of sp³-hybridized carbons (Fsp3) is 0.920. The second-order valence-corrected chi connectivity index (χ2v) is 22.5. The van der Waals surface area contributed by atoms with E-state index in [1.54, 1.807) is 7.11 Å². The molecule has 6 atom stereocenters. The molecule has 1 fully saturated rings. The number of ether oxygens (including phenoxy) is 2. The summed E-state index contributed by atoms with van der Waals surface area (Å²) < 4.78 is 18.7. The van der Waals surface area contributed by atoms with Gasteiger partial charge in [-0.2, -0.15) is 0 Å². The molecule has 3 nitrogen and oxygen atoms in total. The standard InChI is InChI=1S/C13H23O3.3C4H9.Sn/c1-6-8(3)11(14)13-12(16-13)9(4)10(7-2)15-5;3*1-3-4-2;/h1,6,8-14H,7H2,2-5H3;3*1,3-4H2,2H3;/t8-,9-,10+,11-,12-,13-;;;;/m1..../s1. The molecule has 29 heavy (non-hydrogen) atoms. The summed E-state index contributed by atoms with van der Waals surface area (Å²) in [5, 5.41) is 10.9. The van der Waals surface area contributed by atoms with Gasteiger partial charge < -0.3 is 0 Å². The minimum atomic E-state index is -2.27. The van der Waals surface area contributed by atoms with Gasteiger partial charge in [0.05, 0.1) is 0 Å². The van der Waals surface area contributed by atoms with E-state index >= 15 is 0 Å². The van der Waals surface area contributed by atoms with E-state index in [-0.39, 0.29) is 24.2 Å². The molecule has 0 aliphatic carbocycles. The van der Waals surface area contributed by atoms with Gasteiger partial charge >= 0.3 is 186 Å². The first-order chi connectivity index (χ1) is 13.9. The predicted molar refractivity (Wildman–Crippen MR) is 128 cm³/mol. The molecule has 0 amide bonds. The third kappa shape index (κ3) is 8.82. The SMILES string of the molecule is CCC[CH2][Sn](/[CH]=C/[C@@H](C)[C@@H](O)[C@H]1O[C@@H]1[C@H](C)[C@H](CC)OC)([CH2]CCC)[CH2]CCC. The molecule has 0 spiro atoms. The molecule has 0 bridgehead atoms. The molecule has 0 radical (unpaired) electrons. The number of hydrogen-bond acceptors (Lipinski definition) is 3. The van der Waals surface area contributed by atoms with Crippen LogP contribution in [0.25, 0.3) is 0 Å². The van der Waals surface area contributed by atoms with Crippen molar-refractivity contribution in [3.63, 3.8) is 0 Å². The van der Waals surface area contributed by atoms with E-state index in [9.17, 15) is 5.11 Å². The molecule has 4 heteroatoms. The first-order valence-electron chi connectivity index (χ1n) is 12.4. The van der Waals surface area contributed by atoms with E-state index in [0.29, 0.717) is 5.92 Å². The molecular weight excluding hydrogens is 467 g/mol. The van der Waals surface area contributed by atoms with Crippen molar-refractivity contribution in [3.8, 4) is 0 Å². The number of epoxide rings is 1. The quantitative estimate of drug-likeness (QED) is 0.171. The summed E-state index contributed by atoms with van der Waals surface area (Å²) in [6.07, 6.45) is 11.3. The van der Waals surface area contributed by atoms with Gasteiger partial charge in [-0.3, -0.25) is 0 Å². The maximum atomic E-state index is 10.9. The van der Waals surface area contributed by atoms with E-state index in [1.165, 1.54) is 51.8 Å². The monoisotopic (exact) mass is 518 g/mol. The molecule has 1 aliphatic rings. The molecule has 0 aromatic carbocycles. The number of unbranched alkanes of at least 4 members (excludes halogenated alkanes) is 3. The van der Waals surface area contributed by atoms with E-state index in [0.717, 1.165) is 6.42 Å². The first-order valence-corrected chi connectivity index (χ1v) is 20.1. The zero-order chi connectivity index (χ0) is 21.9. The van der Waals surface area contributed by atoms with Crippen molar-refractivity contribution in [2.75, 3.05) is 7.11 Å². The topological polar surface area (TPSA) is 42.0 Å². The van der Waals surface area contributed by atoms with Crippen molar-refractivity contribution in [2.24, 2.45) is 11.8 Å². The van der Waals surface area contributed by atoms with Crippen LogP contribution in [0.15, 0.2) is 10.2 Å². The molecule has 0 aromatic heterocycles. The Morgan fingerprint density at radius 3 is 1.86 bits per heavy atom. The van der Waals surface area contributed by atoms with Crippen molar-refractivity contribution in [3.05, 3.63) is 10.2 Å². The Hall–Kier alpha value is 0.419. The zero-order valence-corrected chi connectivity index (χ0v) is 23.3. The number of aliphatic hydroxyl groups excluding tert-OH is 1. The molecule has 1 aliphatic heterocycles. The number of hydrogen-bond donors (Lipinski definition) is 1. The van der Waals surface area contributed by atoms with Gasteiger partial charge in [0, 0.05) is 0 Å². The summed E-state index contributed by atoms with van der Waals surface area (Å²) in [6, 6.07) is 0. The van der Waals surface area contributed by atoms with Crippen LogP contribution in [0.2, 0.25) is 13.3 Å². The molecular formula is C25H50O3Sn. The average molecular weight is 517 g/mol. The van der Waals surface area contributed by atoms with Crippen molar-refractivity contribution >= 4 is 18.4 Å². The molecule has 1 rings (SSSR count). The Morgan fingerprint density at radius 2 is 1.45 bits per heavy atom. The zero-order valence-electron chi connectivity index (χ0n) is 20.5. The van der Waals surface area contributed by atoms with Gasteiger partial charge in [-0.05, 0) is 0 Å². The average Bonchev–Trinajstić information content (AvgIpc) is 3.53. The van der Waals surface area contributed by atoms with E-state index in [1.807, 2.05) is 0 Å². The van der Waals surface area contributed by atoms with Crippen LogP contribution in [-0.4, -0.2) is 55.0 Å². The summed E-state index contributed by atoms with van der Waals surface area (Å²) in [4.78, 5) is 0. The third-order valence-corrected chi connectivity index (χ3v) is 21.2. The Bertz CT molecular complexity index is 428. The Kier molecular flexibility index (Phi) is 13.7. The first kappa shape index (κ1) is 27.5. The van der Waals surface area contributed by atoms with Crippen LogP contribution in [0.4, 0.5) is 0 Å². The fourth-order valence-electron chi connectivity index (χ4n) is 4.78. The summed E-state index contributed by atoms with van der Waals surface area (Å²) >= 11 is -2.27. The Labute approximate surface area is 185 Å². The molecule has 0 unspecified atom stereocenters. The van der Waals surface area contributed by atoms with Gasteiger partial charge in [0.25, 0.3) is 0 Å². The van der Waals surface area contributed by atoms with Gasteiger partial charge in [0.2, 0.25) is 0 Å². The number of aliphatic hydroxyl groups is 1. The van der Waals surface area contributed by atoms with Crippen LogP contribution in [0.1, 0.15) is 86.5 Å². The molecule has 0 saturated carbocycles. The fourth-order valence-corrected chi connectivity index (χ4v) is 19.4. The summed E-state index contributed by atoms with van der Waals surface area (Å²) in [5.74, 6) is 0.499. The van der Waals surface area contributed by atoms with Gasteiger partial charge in [0.1, 0.15) is 0 Å². The second kappa shape index (κ2) is 14.5. The Morgan fingerprint density at radius 1 is 0.931 bits per heavy atom. The molecule has 172 valence electrons. The summed E-state index contributed by atoms with van der Waals surface area (Å²) in [5.41, 5.74) is 0. The third-order valence-electron chi connectivity index (χ3n) is 7.08. The summed E-state index contributed by atoms with van der Waals surface area (Å²) in [7, 11) is 1.78. The second-order valence-electron chi connectivity index (χ2n) is 9.49. The van der Waals surface area contributed by atoms with Crippen molar-refractivity contribution in [2.45, 2.75) is 124 Å². The van der Waals surface area contributed by atoms with Gasteiger partial charge in [0.15, 0.2) is 0 Å². The normalized spacial score (nSPS) is 23.9. The molecule has 1 N–H and O–H groups in total.